The summed E-state index contributed by atoms with van der Waals surface area (Å²) in [4.78, 5) is 24.8. The van der Waals surface area contributed by atoms with Crippen molar-refractivity contribution >= 4 is 55.6 Å². The van der Waals surface area contributed by atoms with Gasteiger partial charge in [-0.05, 0) is 30.3 Å². The first-order valence-corrected chi connectivity index (χ1v) is 9.10. The Morgan fingerprint density at radius 1 is 1.36 bits per heavy atom. The number of pyridine rings is 1. The molecule has 0 fully saturated rings. The summed E-state index contributed by atoms with van der Waals surface area (Å²) in [7, 11) is 1.61. The molecule has 0 aliphatic carbocycles. The molecular weight excluding hydrogens is 360 g/mol. The third kappa shape index (κ3) is 3.42. The van der Waals surface area contributed by atoms with Crippen LogP contribution in [0.25, 0.3) is 21.4 Å². The smallest absolute Gasteiger partial charge is 0.258 e. The maximum absolute atomic E-state index is 12.1. The van der Waals surface area contributed by atoms with Crippen molar-refractivity contribution < 1.29 is 13.9 Å². The Morgan fingerprint density at radius 3 is 3.12 bits per heavy atom. The molecule has 126 valence electrons. The van der Waals surface area contributed by atoms with E-state index in [0.717, 1.165) is 16.0 Å². The number of fused-ring (bicyclic) bond motifs is 2. The second kappa shape index (κ2) is 6.69. The van der Waals surface area contributed by atoms with Gasteiger partial charge in [-0.15, -0.1) is 0 Å². The highest BCUT2D eigenvalue weighted by Gasteiger charge is 2.12. The number of nitrogens with one attached hydrogen (secondary N) is 1. The standard InChI is InChI=1S/C16H12N4O3S2/c1-22-9-4-5-10-12(7-9)25-15(18-10)19-13(21)8-24-16-20-14-11(23-16)3-2-6-17-14/h2-7H,8H2,1H3,(H,18,19,21). The Bertz CT molecular complexity index is 1030. The van der Waals surface area contributed by atoms with Gasteiger partial charge in [0.1, 0.15) is 5.75 Å². The Labute approximate surface area is 150 Å². The van der Waals surface area contributed by atoms with Gasteiger partial charge < -0.3 is 14.5 Å². The van der Waals surface area contributed by atoms with E-state index >= 15 is 0 Å². The van der Waals surface area contributed by atoms with Gasteiger partial charge in [0.2, 0.25) is 5.91 Å². The lowest BCUT2D eigenvalue weighted by Crippen LogP contribution is -2.13. The van der Waals surface area contributed by atoms with Gasteiger partial charge in [-0.2, -0.15) is 4.98 Å². The fraction of sp³-hybridized carbons (Fsp3) is 0.125. The van der Waals surface area contributed by atoms with Crippen molar-refractivity contribution in [2.45, 2.75) is 5.22 Å². The summed E-state index contributed by atoms with van der Waals surface area (Å²) in [6.07, 6.45) is 1.65. The number of thioether (sulfide) groups is 1. The summed E-state index contributed by atoms with van der Waals surface area (Å²) >= 11 is 2.61. The van der Waals surface area contributed by atoms with E-state index in [9.17, 15) is 4.79 Å². The monoisotopic (exact) mass is 372 g/mol. The lowest BCUT2D eigenvalue weighted by Gasteiger charge is -1.98. The van der Waals surface area contributed by atoms with Crippen LogP contribution in [0.1, 0.15) is 0 Å². The number of thiazole rings is 1. The van der Waals surface area contributed by atoms with Gasteiger partial charge in [-0.3, -0.25) is 4.79 Å². The lowest BCUT2D eigenvalue weighted by molar-refractivity contribution is -0.113. The summed E-state index contributed by atoms with van der Waals surface area (Å²) in [6, 6.07) is 9.15. The quantitative estimate of drug-likeness (QED) is 0.536. The van der Waals surface area contributed by atoms with E-state index in [1.165, 1.54) is 23.1 Å². The maximum Gasteiger partial charge on any atom is 0.258 e. The van der Waals surface area contributed by atoms with Crippen LogP contribution in [0.5, 0.6) is 5.75 Å². The van der Waals surface area contributed by atoms with E-state index in [-0.39, 0.29) is 11.7 Å². The first-order chi connectivity index (χ1) is 12.2. The van der Waals surface area contributed by atoms with E-state index in [2.05, 4.69) is 20.3 Å². The Hall–Kier alpha value is -2.65. The zero-order chi connectivity index (χ0) is 17.2. The van der Waals surface area contributed by atoms with Crippen LogP contribution in [0, 0.1) is 0 Å². The zero-order valence-corrected chi connectivity index (χ0v) is 14.7. The van der Waals surface area contributed by atoms with Gasteiger partial charge in [0.15, 0.2) is 16.4 Å². The van der Waals surface area contributed by atoms with Crippen molar-refractivity contribution in [3.8, 4) is 5.75 Å². The minimum absolute atomic E-state index is 0.173. The van der Waals surface area contributed by atoms with Crippen LogP contribution in [-0.4, -0.2) is 33.7 Å². The third-order valence-corrected chi connectivity index (χ3v) is 5.08. The SMILES string of the molecule is COc1ccc2nc(NC(=O)CSc3nc4ncccc4o3)sc2c1. The number of rotatable bonds is 5. The molecule has 0 aliphatic rings. The molecule has 25 heavy (non-hydrogen) atoms. The molecule has 1 amide bonds. The normalized spacial score (nSPS) is 11.1. The number of hydrogen-bond acceptors (Lipinski definition) is 8. The number of hydrogen-bond donors (Lipinski definition) is 1. The minimum Gasteiger partial charge on any atom is -0.497 e. The molecule has 3 aromatic heterocycles. The van der Waals surface area contributed by atoms with E-state index in [1.807, 2.05) is 18.2 Å². The fourth-order valence-corrected chi connectivity index (χ4v) is 3.72. The molecule has 0 saturated heterocycles. The summed E-state index contributed by atoms with van der Waals surface area (Å²) in [5, 5.41) is 3.76. The van der Waals surface area contributed by atoms with E-state index in [0.29, 0.717) is 21.6 Å². The molecule has 4 rings (SSSR count). The fourth-order valence-electron chi connectivity index (χ4n) is 2.18. The molecule has 1 N–H and O–H groups in total. The van der Waals surface area contributed by atoms with Gasteiger partial charge >= 0.3 is 0 Å². The predicted octanol–water partition coefficient (Wildman–Crippen LogP) is 3.57. The van der Waals surface area contributed by atoms with Crippen LogP contribution in [0.2, 0.25) is 0 Å². The second-order valence-corrected chi connectivity index (χ2v) is 6.95. The van der Waals surface area contributed by atoms with Crippen LogP contribution in [0.3, 0.4) is 0 Å². The average molecular weight is 372 g/mol. The van der Waals surface area contributed by atoms with Crippen LogP contribution in [0.15, 0.2) is 46.2 Å². The number of aromatic nitrogens is 3. The van der Waals surface area contributed by atoms with Crippen molar-refractivity contribution in [3.05, 3.63) is 36.5 Å². The van der Waals surface area contributed by atoms with Gasteiger partial charge in [0.25, 0.3) is 5.22 Å². The third-order valence-electron chi connectivity index (χ3n) is 3.31. The summed E-state index contributed by atoms with van der Waals surface area (Å²) < 4.78 is 11.7. The molecular formula is C16H12N4O3S2. The average Bonchev–Trinajstić information content (AvgIpc) is 3.21. The topological polar surface area (TPSA) is 90.1 Å². The van der Waals surface area contributed by atoms with Gasteiger partial charge in [-0.1, -0.05) is 23.1 Å². The van der Waals surface area contributed by atoms with Crippen molar-refractivity contribution in [1.82, 2.24) is 15.0 Å². The largest absolute Gasteiger partial charge is 0.497 e. The van der Waals surface area contributed by atoms with Crippen molar-refractivity contribution in [2.24, 2.45) is 0 Å². The van der Waals surface area contributed by atoms with Crippen LogP contribution >= 0.6 is 23.1 Å². The maximum atomic E-state index is 12.1. The molecule has 7 nitrogen and oxygen atoms in total. The van der Waals surface area contributed by atoms with Gasteiger partial charge in [0, 0.05) is 6.20 Å². The van der Waals surface area contributed by atoms with Crippen LogP contribution < -0.4 is 10.1 Å². The first-order valence-electron chi connectivity index (χ1n) is 7.30. The van der Waals surface area contributed by atoms with Crippen molar-refractivity contribution in [2.75, 3.05) is 18.2 Å². The molecule has 3 heterocycles. The predicted molar refractivity (Wildman–Crippen MR) is 97.3 cm³/mol. The number of nitrogens with zero attached hydrogens (tertiary/aromatic N) is 3. The highest BCUT2D eigenvalue weighted by atomic mass is 32.2. The molecule has 0 unspecified atom stereocenters. The van der Waals surface area contributed by atoms with Crippen LogP contribution in [-0.2, 0) is 4.79 Å². The Balaban J connectivity index is 1.41. The molecule has 0 radical (unpaired) electrons. The summed E-state index contributed by atoms with van der Waals surface area (Å²) in [5.41, 5.74) is 1.95. The van der Waals surface area contributed by atoms with Crippen molar-refractivity contribution in [3.63, 3.8) is 0 Å². The number of carbonyl (C=O) groups excluding carboxylic acids is 1. The molecule has 4 aromatic rings. The number of amides is 1. The Kier molecular flexibility index (Phi) is 4.24. The molecule has 0 spiro atoms. The van der Waals surface area contributed by atoms with Crippen molar-refractivity contribution in [1.29, 1.82) is 0 Å². The molecule has 0 saturated carbocycles. The molecule has 0 bridgehead atoms. The van der Waals surface area contributed by atoms with Crippen LogP contribution in [0.4, 0.5) is 5.13 Å². The minimum atomic E-state index is -0.175. The first kappa shape index (κ1) is 15.9. The molecule has 1 aromatic carbocycles. The number of anilines is 1. The lowest BCUT2D eigenvalue weighted by atomic mass is 10.3. The second-order valence-electron chi connectivity index (χ2n) is 4.99. The molecule has 9 heteroatoms. The van der Waals surface area contributed by atoms with Gasteiger partial charge in [-0.25, -0.2) is 9.97 Å². The molecule has 0 atom stereocenters. The number of ether oxygens (including phenoxy) is 1. The number of carbonyl (C=O) groups is 1. The molecule has 0 aliphatic heterocycles. The highest BCUT2D eigenvalue weighted by molar-refractivity contribution is 7.99. The number of oxazole rings is 1. The summed E-state index contributed by atoms with van der Waals surface area (Å²) in [6.45, 7) is 0. The number of methoxy groups -OCH3 is 1. The van der Waals surface area contributed by atoms with E-state index in [1.54, 1.807) is 25.4 Å². The van der Waals surface area contributed by atoms with E-state index in [4.69, 9.17) is 9.15 Å². The zero-order valence-electron chi connectivity index (χ0n) is 13.1. The van der Waals surface area contributed by atoms with Gasteiger partial charge in [0.05, 0.1) is 23.1 Å². The summed E-state index contributed by atoms with van der Waals surface area (Å²) in [5.74, 6) is 0.756. The van der Waals surface area contributed by atoms with E-state index < -0.39 is 0 Å². The highest BCUT2D eigenvalue weighted by Crippen LogP contribution is 2.29. The number of benzene rings is 1. The Morgan fingerprint density at radius 2 is 2.28 bits per heavy atom.